The lowest BCUT2D eigenvalue weighted by Gasteiger charge is -2.12. The number of aliphatic imine (C=N–C) groups is 1. The fourth-order valence-electron chi connectivity index (χ4n) is 2.68. The highest BCUT2D eigenvalue weighted by Gasteiger charge is 2.08. The summed E-state index contributed by atoms with van der Waals surface area (Å²) in [5.74, 6) is 0. The third kappa shape index (κ3) is 4.38. The second-order valence-corrected chi connectivity index (χ2v) is 5.58. The molecule has 2 aromatic rings. The first-order chi connectivity index (χ1) is 11.7. The fraction of sp³-hybridized carbons (Fsp3) is 0.250. The van der Waals surface area contributed by atoms with Crippen LogP contribution in [0.15, 0.2) is 47.7 Å². The smallest absolute Gasteiger partial charge is 0.207 e. The zero-order valence-corrected chi connectivity index (χ0v) is 14.4. The summed E-state index contributed by atoms with van der Waals surface area (Å²) in [7, 11) is 1.76. The molecule has 0 atom stereocenters. The van der Waals surface area contributed by atoms with E-state index >= 15 is 0 Å². The molecule has 0 aliphatic heterocycles. The lowest BCUT2D eigenvalue weighted by Crippen LogP contribution is -2.14. The van der Waals surface area contributed by atoms with Gasteiger partial charge >= 0.3 is 0 Å². The van der Waals surface area contributed by atoms with E-state index in [0.717, 1.165) is 35.1 Å². The van der Waals surface area contributed by atoms with Crippen molar-refractivity contribution in [2.75, 3.05) is 13.6 Å². The van der Waals surface area contributed by atoms with Gasteiger partial charge in [0.15, 0.2) is 0 Å². The Balaban J connectivity index is 2.42. The summed E-state index contributed by atoms with van der Waals surface area (Å²) in [5.41, 5.74) is 6.70. The summed E-state index contributed by atoms with van der Waals surface area (Å²) < 4.78 is 0. The molecule has 4 nitrogen and oxygen atoms in total. The average Bonchev–Trinajstić information content (AvgIpc) is 2.60. The molecule has 1 aromatic carbocycles. The minimum Gasteiger partial charge on any atom is -0.358 e. The lowest BCUT2D eigenvalue weighted by atomic mass is 9.95. The second-order valence-electron chi connectivity index (χ2n) is 5.58. The van der Waals surface area contributed by atoms with Gasteiger partial charge < -0.3 is 5.32 Å². The van der Waals surface area contributed by atoms with Gasteiger partial charge in [0.05, 0.1) is 0 Å². The summed E-state index contributed by atoms with van der Waals surface area (Å²) in [5, 5.41) is 2.73. The van der Waals surface area contributed by atoms with Crippen molar-refractivity contribution in [3.05, 3.63) is 59.4 Å². The van der Waals surface area contributed by atoms with Crippen molar-refractivity contribution in [3.8, 4) is 11.1 Å². The molecule has 0 fully saturated rings. The molecule has 0 aliphatic carbocycles. The predicted molar refractivity (Wildman–Crippen MR) is 100 cm³/mol. The quantitative estimate of drug-likeness (QED) is 0.482. The van der Waals surface area contributed by atoms with Crippen LogP contribution in [0.1, 0.15) is 23.6 Å². The van der Waals surface area contributed by atoms with Gasteiger partial charge in [-0.2, -0.15) is 0 Å². The van der Waals surface area contributed by atoms with Gasteiger partial charge in [-0.05, 0) is 43.0 Å². The van der Waals surface area contributed by atoms with Crippen LogP contribution in [0.2, 0.25) is 0 Å². The van der Waals surface area contributed by atoms with Crippen LogP contribution in [0.5, 0.6) is 0 Å². The van der Waals surface area contributed by atoms with Crippen LogP contribution < -0.4 is 5.32 Å². The van der Waals surface area contributed by atoms with Gasteiger partial charge in [-0.1, -0.05) is 29.8 Å². The highest BCUT2D eigenvalue weighted by molar-refractivity contribution is 6.09. The van der Waals surface area contributed by atoms with E-state index in [2.05, 4.69) is 46.5 Å². The maximum atomic E-state index is 10.5. The Morgan fingerprint density at radius 1 is 1.29 bits per heavy atom. The molecule has 1 amide bonds. The number of allylic oxidation sites excluding steroid dienone is 2. The van der Waals surface area contributed by atoms with E-state index in [1.54, 1.807) is 7.05 Å². The second kappa shape index (κ2) is 8.77. The van der Waals surface area contributed by atoms with Gasteiger partial charge in [-0.15, -0.1) is 0 Å². The van der Waals surface area contributed by atoms with E-state index in [9.17, 15) is 4.79 Å². The molecule has 1 heterocycles. The number of rotatable bonds is 7. The molecule has 2 rings (SSSR count). The molecular weight excluding hydrogens is 298 g/mol. The van der Waals surface area contributed by atoms with Crippen LogP contribution in [0.25, 0.3) is 16.7 Å². The van der Waals surface area contributed by atoms with Crippen molar-refractivity contribution < 1.29 is 4.79 Å². The Labute approximate surface area is 143 Å². The number of carbonyl (C=O) groups is 1. The van der Waals surface area contributed by atoms with E-state index < -0.39 is 0 Å². The molecule has 0 bridgehead atoms. The van der Waals surface area contributed by atoms with Crippen molar-refractivity contribution in [1.29, 1.82) is 0 Å². The molecule has 0 aliphatic rings. The summed E-state index contributed by atoms with van der Waals surface area (Å²) in [6.45, 7) is 4.69. The van der Waals surface area contributed by atoms with E-state index in [4.69, 9.17) is 0 Å². The summed E-state index contributed by atoms with van der Waals surface area (Å²) in [6, 6.07) is 8.52. The Bertz CT molecular complexity index is 763. The van der Waals surface area contributed by atoms with Gasteiger partial charge in [-0.3, -0.25) is 14.8 Å². The van der Waals surface area contributed by atoms with Gasteiger partial charge in [0.2, 0.25) is 6.41 Å². The molecule has 0 saturated heterocycles. The molecule has 124 valence electrons. The lowest BCUT2D eigenvalue weighted by molar-refractivity contribution is -0.109. The Morgan fingerprint density at radius 2 is 2.12 bits per heavy atom. The number of hydrogen-bond acceptors (Lipinski definition) is 3. The molecule has 4 heteroatoms. The maximum Gasteiger partial charge on any atom is 0.207 e. The molecule has 24 heavy (non-hydrogen) atoms. The summed E-state index contributed by atoms with van der Waals surface area (Å²) in [6.07, 6.45) is 9.11. The zero-order valence-electron chi connectivity index (χ0n) is 14.4. The first-order valence-electron chi connectivity index (χ1n) is 8.00. The minimum atomic E-state index is 0.621. The molecule has 0 radical (unpaired) electrons. The van der Waals surface area contributed by atoms with Crippen molar-refractivity contribution in [3.63, 3.8) is 0 Å². The first kappa shape index (κ1) is 17.6. The number of pyridine rings is 1. The highest BCUT2D eigenvalue weighted by Crippen LogP contribution is 2.27. The average molecular weight is 321 g/mol. The monoisotopic (exact) mass is 321 g/mol. The molecule has 1 aromatic heterocycles. The maximum absolute atomic E-state index is 10.5. The van der Waals surface area contributed by atoms with Crippen molar-refractivity contribution in [2.24, 2.45) is 4.99 Å². The summed E-state index contributed by atoms with van der Waals surface area (Å²) in [4.78, 5) is 19.0. The molecule has 0 unspecified atom stereocenters. The Morgan fingerprint density at radius 3 is 2.83 bits per heavy atom. The predicted octanol–water partition coefficient (Wildman–Crippen LogP) is 3.45. The van der Waals surface area contributed by atoms with Crippen molar-refractivity contribution in [1.82, 2.24) is 10.3 Å². The third-order valence-electron chi connectivity index (χ3n) is 3.84. The minimum absolute atomic E-state index is 0.621. The number of carbonyl (C=O) groups excluding carboxylic acids is 1. The standard InChI is InChI=1S/C20H23N3O/c1-4-16(11-21-3)18-10-19(13-23-12-18)20-6-5-15(2)9-17(20)7-8-22-14-24/h4-6,9-14H,7-8H2,1-3H3,(H,22,24)/b16-4+,21-11-. The summed E-state index contributed by atoms with van der Waals surface area (Å²) >= 11 is 0. The van der Waals surface area contributed by atoms with Crippen LogP contribution in [0, 0.1) is 6.92 Å². The van der Waals surface area contributed by atoms with Gasteiger partial charge in [0.1, 0.15) is 0 Å². The van der Waals surface area contributed by atoms with E-state index in [-0.39, 0.29) is 0 Å². The first-order valence-corrected chi connectivity index (χ1v) is 8.00. The largest absolute Gasteiger partial charge is 0.358 e. The van der Waals surface area contributed by atoms with Crippen LogP contribution >= 0.6 is 0 Å². The number of aryl methyl sites for hydroxylation is 1. The van der Waals surface area contributed by atoms with Crippen LogP contribution in [-0.4, -0.2) is 31.2 Å². The number of amides is 1. The highest BCUT2D eigenvalue weighted by atomic mass is 16.1. The molecule has 0 spiro atoms. The number of benzene rings is 1. The zero-order chi connectivity index (χ0) is 17.4. The molecule has 1 N–H and O–H groups in total. The van der Waals surface area contributed by atoms with Crippen molar-refractivity contribution in [2.45, 2.75) is 20.3 Å². The van der Waals surface area contributed by atoms with Crippen LogP contribution in [-0.2, 0) is 11.2 Å². The van der Waals surface area contributed by atoms with E-state index in [0.29, 0.717) is 6.54 Å². The van der Waals surface area contributed by atoms with Crippen LogP contribution in [0.3, 0.4) is 0 Å². The fourth-order valence-corrected chi connectivity index (χ4v) is 2.68. The Hall–Kier alpha value is -2.75. The van der Waals surface area contributed by atoms with Crippen LogP contribution in [0.4, 0.5) is 0 Å². The van der Waals surface area contributed by atoms with Gasteiger partial charge in [0.25, 0.3) is 0 Å². The van der Waals surface area contributed by atoms with Crippen molar-refractivity contribution >= 4 is 18.2 Å². The SMILES string of the molecule is C/C=C(\C=N/C)c1cncc(-c2ccc(C)cc2CCNC=O)c1. The number of hydrogen-bond donors (Lipinski definition) is 1. The normalized spacial score (nSPS) is 11.7. The topological polar surface area (TPSA) is 54.4 Å². The molecule has 0 saturated carbocycles. The molecular formula is C20H23N3O. The van der Waals surface area contributed by atoms with Gasteiger partial charge in [-0.25, -0.2) is 0 Å². The Kier molecular flexibility index (Phi) is 6.43. The van der Waals surface area contributed by atoms with E-state index in [1.165, 1.54) is 11.1 Å². The third-order valence-corrected chi connectivity index (χ3v) is 3.84. The number of nitrogens with one attached hydrogen (secondary N) is 1. The number of aromatic nitrogens is 1. The van der Waals surface area contributed by atoms with Gasteiger partial charge in [0, 0.05) is 43.3 Å². The van der Waals surface area contributed by atoms with E-state index in [1.807, 2.05) is 31.6 Å². The number of nitrogens with zero attached hydrogens (tertiary/aromatic N) is 2.